The van der Waals surface area contributed by atoms with Crippen LogP contribution in [-0.4, -0.2) is 64.7 Å². The number of likely N-dealkylation sites (tertiary alicyclic amines) is 1. The van der Waals surface area contributed by atoms with E-state index in [2.05, 4.69) is 49.5 Å². The van der Waals surface area contributed by atoms with Gasteiger partial charge >= 0.3 is 0 Å². The molecule has 0 spiro atoms. The Labute approximate surface area is 235 Å². The molecule has 9 heteroatoms. The SMILES string of the molecule is C1CCN(CCNC2CCNCC2)C1.N#Cc1ccc2ccn(-c3ccnc(Nc4ccc(S)cc4)n3)c2c1. The van der Waals surface area contributed by atoms with Gasteiger partial charge in [-0.1, -0.05) is 6.07 Å². The van der Waals surface area contributed by atoms with E-state index in [-0.39, 0.29) is 0 Å². The summed E-state index contributed by atoms with van der Waals surface area (Å²) in [7, 11) is 0. The second-order valence-electron chi connectivity index (χ2n) is 10.0. The molecule has 0 atom stereocenters. The summed E-state index contributed by atoms with van der Waals surface area (Å²) in [4.78, 5) is 12.3. The maximum absolute atomic E-state index is 9.12. The van der Waals surface area contributed by atoms with Gasteiger partial charge in [-0.05, 0) is 100 Å². The number of aromatic nitrogens is 3. The van der Waals surface area contributed by atoms with Gasteiger partial charge in [0, 0.05) is 47.5 Å². The fourth-order valence-electron chi connectivity index (χ4n) is 5.07. The highest BCUT2D eigenvalue weighted by atomic mass is 32.1. The third-order valence-corrected chi connectivity index (χ3v) is 7.53. The maximum atomic E-state index is 9.12. The highest BCUT2D eigenvalue weighted by molar-refractivity contribution is 7.80. The molecule has 2 aliphatic rings. The van der Waals surface area contributed by atoms with Gasteiger partial charge in [0.2, 0.25) is 5.95 Å². The van der Waals surface area contributed by atoms with Crippen LogP contribution in [0, 0.1) is 11.3 Å². The molecule has 39 heavy (non-hydrogen) atoms. The largest absolute Gasteiger partial charge is 0.324 e. The van der Waals surface area contributed by atoms with Crippen LogP contribution >= 0.6 is 12.6 Å². The van der Waals surface area contributed by atoms with Crippen LogP contribution in [0.25, 0.3) is 16.7 Å². The fraction of sp³-hybridized carbons (Fsp3) is 0.367. The van der Waals surface area contributed by atoms with Gasteiger partial charge in [0.05, 0.1) is 17.1 Å². The summed E-state index contributed by atoms with van der Waals surface area (Å²) in [5.74, 6) is 1.23. The van der Waals surface area contributed by atoms with Crippen LogP contribution in [0.2, 0.25) is 0 Å². The van der Waals surface area contributed by atoms with Gasteiger partial charge in [0.1, 0.15) is 5.82 Å². The number of nitriles is 1. The Morgan fingerprint density at radius 2 is 1.82 bits per heavy atom. The molecule has 2 aromatic carbocycles. The first-order chi connectivity index (χ1) is 19.2. The van der Waals surface area contributed by atoms with Gasteiger partial charge in [-0.25, -0.2) is 4.98 Å². The van der Waals surface area contributed by atoms with Crippen LogP contribution in [0.3, 0.4) is 0 Å². The first-order valence-corrected chi connectivity index (χ1v) is 14.2. The number of anilines is 2. The van der Waals surface area contributed by atoms with Crippen molar-refractivity contribution in [3.8, 4) is 11.9 Å². The molecule has 0 bridgehead atoms. The molecule has 202 valence electrons. The molecule has 0 amide bonds. The van der Waals surface area contributed by atoms with Gasteiger partial charge in [-0.2, -0.15) is 10.2 Å². The zero-order valence-corrected chi connectivity index (χ0v) is 23.1. The van der Waals surface area contributed by atoms with E-state index < -0.39 is 0 Å². The van der Waals surface area contributed by atoms with E-state index in [4.69, 9.17) is 5.26 Å². The average Bonchev–Trinajstić information content (AvgIpc) is 3.65. The Kier molecular flexibility index (Phi) is 9.46. The van der Waals surface area contributed by atoms with Crippen LogP contribution < -0.4 is 16.0 Å². The third kappa shape index (κ3) is 7.58. The summed E-state index contributed by atoms with van der Waals surface area (Å²) in [5.41, 5.74) is 2.44. The van der Waals surface area contributed by atoms with Crippen molar-refractivity contribution < 1.29 is 0 Å². The molecule has 6 rings (SSSR count). The molecule has 4 aromatic rings. The van der Waals surface area contributed by atoms with Crippen molar-refractivity contribution >= 4 is 35.2 Å². The summed E-state index contributed by atoms with van der Waals surface area (Å²) in [6, 6.07) is 20.0. The van der Waals surface area contributed by atoms with Crippen LogP contribution in [0.1, 0.15) is 31.2 Å². The Morgan fingerprint density at radius 1 is 1.03 bits per heavy atom. The lowest BCUT2D eigenvalue weighted by Gasteiger charge is -2.25. The van der Waals surface area contributed by atoms with Crippen LogP contribution in [0.4, 0.5) is 11.6 Å². The predicted octanol–water partition coefficient (Wildman–Crippen LogP) is 4.75. The topological polar surface area (TPSA) is 93.8 Å². The van der Waals surface area contributed by atoms with E-state index in [1.165, 1.54) is 65.0 Å². The number of nitrogens with zero attached hydrogens (tertiary/aromatic N) is 5. The molecule has 0 aliphatic carbocycles. The molecular weight excluding hydrogens is 504 g/mol. The number of fused-ring (bicyclic) bond motifs is 1. The lowest BCUT2D eigenvalue weighted by atomic mass is 10.1. The molecule has 4 heterocycles. The summed E-state index contributed by atoms with van der Waals surface area (Å²) in [5, 5.41) is 20.4. The number of nitrogens with one attached hydrogen (secondary N) is 3. The quantitative estimate of drug-likeness (QED) is 0.252. The lowest BCUT2D eigenvalue weighted by molar-refractivity contribution is 0.312. The molecule has 2 fully saturated rings. The van der Waals surface area contributed by atoms with Gasteiger partial charge < -0.3 is 25.4 Å². The van der Waals surface area contributed by atoms with Crippen molar-refractivity contribution in [1.29, 1.82) is 5.26 Å². The number of rotatable bonds is 7. The Bertz CT molecular complexity index is 1380. The number of benzene rings is 2. The molecule has 8 nitrogen and oxygen atoms in total. The van der Waals surface area contributed by atoms with Crippen molar-refractivity contribution in [3.05, 3.63) is 72.6 Å². The minimum atomic E-state index is 0.503. The van der Waals surface area contributed by atoms with Crippen LogP contribution in [-0.2, 0) is 0 Å². The molecule has 0 radical (unpaired) electrons. The van der Waals surface area contributed by atoms with E-state index in [0.717, 1.165) is 33.3 Å². The van der Waals surface area contributed by atoms with Gasteiger partial charge in [0.25, 0.3) is 0 Å². The lowest BCUT2D eigenvalue weighted by Crippen LogP contribution is -2.42. The first-order valence-electron chi connectivity index (χ1n) is 13.7. The summed E-state index contributed by atoms with van der Waals surface area (Å²) in [6.07, 6.45) is 9.08. The molecule has 0 unspecified atom stereocenters. The number of thiol groups is 1. The second-order valence-corrected chi connectivity index (χ2v) is 10.5. The monoisotopic (exact) mass is 540 g/mol. The number of hydrogen-bond acceptors (Lipinski definition) is 8. The van der Waals surface area contributed by atoms with Crippen LogP contribution in [0.15, 0.2) is 71.9 Å². The normalized spacial score (nSPS) is 16.0. The predicted molar refractivity (Wildman–Crippen MR) is 160 cm³/mol. The Hall–Kier alpha value is -3.42. The summed E-state index contributed by atoms with van der Waals surface area (Å²) < 4.78 is 1.94. The van der Waals surface area contributed by atoms with E-state index in [9.17, 15) is 0 Å². The van der Waals surface area contributed by atoms with Crippen molar-refractivity contribution in [3.63, 3.8) is 0 Å². The van der Waals surface area contributed by atoms with E-state index >= 15 is 0 Å². The zero-order chi connectivity index (χ0) is 26.9. The molecular formula is C30H36N8S. The molecule has 2 saturated heterocycles. The smallest absolute Gasteiger partial charge is 0.229 e. The van der Waals surface area contributed by atoms with E-state index in [1.54, 1.807) is 6.20 Å². The molecule has 2 aromatic heterocycles. The van der Waals surface area contributed by atoms with E-state index in [0.29, 0.717) is 11.5 Å². The molecule has 3 N–H and O–H groups in total. The molecule has 0 saturated carbocycles. The van der Waals surface area contributed by atoms with E-state index in [1.807, 2.05) is 65.4 Å². The Morgan fingerprint density at radius 3 is 2.59 bits per heavy atom. The van der Waals surface area contributed by atoms with Gasteiger partial charge in [-0.15, -0.1) is 12.6 Å². The molecule has 2 aliphatic heterocycles. The maximum Gasteiger partial charge on any atom is 0.229 e. The minimum Gasteiger partial charge on any atom is -0.324 e. The average molecular weight is 541 g/mol. The van der Waals surface area contributed by atoms with Crippen molar-refractivity contribution in [2.24, 2.45) is 0 Å². The number of piperidine rings is 1. The third-order valence-electron chi connectivity index (χ3n) is 7.23. The Balaban J connectivity index is 0.000000186. The fourth-order valence-corrected chi connectivity index (χ4v) is 5.22. The zero-order valence-electron chi connectivity index (χ0n) is 22.2. The second kappa shape index (κ2) is 13.6. The van der Waals surface area contributed by atoms with Crippen molar-refractivity contribution in [1.82, 2.24) is 30.1 Å². The van der Waals surface area contributed by atoms with Crippen molar-refractivity contribution in [2.75, 3.05) is 44.6 Å². The minimum absolute atomic E-state index is 0.503. The van der Waals surface area contributed by atoms with Crippen molar-refractivity contribution in [2.45, 2.75) is 36.6 Å². The number of hydrogen-bond donors (Lipinski definition) is 4. The van der Waals surface area contributed by atoms with Gasteiger partial charge in [-0.3, -0.25) is 0 Å². The van der Waals surface area contributed by atoms with Gasteiger partial charge in [0.15, 0.2) is 0 Å². The summed E-state index contributed by atoms with van der Waals surface area (Å²) >= 11 is 4.28. The summed E-state index contributed by atoms with van der Waals surface area (Å²) in [6.45, 7) is 7.49. The highest BCUT2D eigenvalue weighted by Crippen LogP contribution is 2.22. The van der Waals surface area contributed by atoms with Crippen LogP contribution in [0.5, 0.6) is 0 Å². The highest BCUT2D eigenvalue weighted by Gasteiger charge is 2.14. The standard InChI is InChI=1S/C19H13N5S.C11H23N3/c20-12-13-1-2-14-8-10-24(17(14)11-13)18-7-9-21-19(23-18)22-15-3-5-16(25)6-4-15;1-2-9-14(8-1)10-7-13-11-3-5-12-6-4-11/h1-11,25H,(H,21,22,23);11-13H,1-10H2. The first kappa shape index (κ1) is 27.2.